The molecule has 13 heavy (non-hydrogen) atoms. The van der Waals surface area contributed by atoms with Gasteiger partial charge in [0.25, 0.3) is 0 Å². The quantitative estimate of drug-likeness (QED) is 0.723. The molecule has 1 fully saturated rings. The number of hydrogen-bond donors (Lipinski definition) is 0. The molecule has 2 nitrogen and oxygen atoms in total. The third-order valence-corrected chi connectivity index (χ3v) is 2.86. The Morgan fingerprint density at radius 1 is 1.38 bits per heavy atom. The summed E-state index contributed by atoms with van der Waals surface area (Å²) in [6.07, 6.45) is 3.40. The minimum atomic E-state index is -0.00704. The van der Waals surface area contributed by atoms with Gasteiger partial charge in [-0.15, -0.1) is 0 Å². The van der Waals surface area contributed by atoms with Crippen LogP contribution in [0.2, 0.25) is 0 Å². The van der Waals surface area contributed by atoms with Crippen molar-refractivity contribution in [1.82, 2.24) is 0 Å². The molecule has 1 aromatic rings. The molecule has 1 saturated heterocycles. The van der Waals surface area contributed by atoms with Gasteiger partial charge in [-0.25, -0.2) is 0 Å². The van der Waals surface area contributed by atoms with Gasteiger partial charge in [-0.2, -0.15) is 0 Å². The van der Waals surface area contributed by atoms with E-state index in [1.165, 1.54) is 12.8 Å². The molecule has 0 amide bonds. The fourth-order valence-electron chi connectivity index (χ4n) is 1.36. The molecule has 1 aliphatic heterocycles. The van der Waals surface area contributed by atoms with E-state index in [9.17, 15) is 0 Å². The van der Waals surface area contributed by atoms with E-state index in [0.717, 1.165) is 26.7 Å². The Morgan fingerprint density at radius 2 is 2.38 bits per heavy atom. The van der Waals surface area contributed by atoms with Crippen molar-refractivity contribution in [2.45, 2.75) is 25.6 Å². The van der Waals surface area contributed by atoms with Gasteiger partial charge in [0.2, 0.25) is 0 Å². The summed E-state index contributed by atoms with van der Waals surface area (Å²) in [7, 11) is 1.13. The zero-order valence-corrected chi connectivity index (χ0v) is 8.37. The molecule has 2 heterocycles. The second kappa shape index (κ2) is 4.59. The van der Waals surface area contributed by atoms with E-state index in [4.69, 9.17) is 9.47 Å². The van der Waals surface area contributed by atoms with E-state index >= 15 is 0 Å². The lowest BCUT2D eigenvalue weighted by molar-refractivity contribution is -0.104. The molecule has 1 unspecified atom stereocenters. The van der Waals surface area contributed by atoms with Crippen LogP contribution in [0.15, 0.2) is 24.0 Å². The van der Waals surface area contributed by atoms with Crippen LogP contribution < -0.4 is 4.74 Å². The van der Waals surface area contributed by atoms with Crippen LogP contribution in [0, 0.1) is 0 Å². The van der Waals surface area contributed by atoms with Gasteiger partial charge >= 0.3 is 0 Å². The molecule has 1 aliphatic rings. The van der Waals surface area contributed by atoms with Gasteiger partial charge in [0, 0.05) is 6.42 Å². The average molecular weight is 196 g/mol. The van der Waals surface area contributed by atoms with Crippen molar-refractivity contribution in [3.05, 3.63) is 24.0 Å². The van der Waals surface area contributed by atoms with E-state index in [0.29, 0.717) is 0 Å². The van der Waals surface area contributed by atoms with Crippen LogP contribution in [0.25, 0.3) is 0 Å². The third-order valence-electron chi connectivity index (χ3n) is 2.03. The van der Waals surface area contributed by atoms with Crippen LogP contribution in [-0.2, 0) is 4.74 Å². The van der Waals surface area contributed by atoms with Crippen LogP contribution in [0.5, 0.6) is 5.48 Å². The van der Waals surface area contributed by atoms with Gasteiger partial charge < -0.3 is 9.47 Å². The van der Waals surface area contributed by atoms with Gasteiger partial charge in [0.05, 0.1) is 6.61 Å². The summed E-state index contributed by atoms with van der Waals surface area (Å²) in [5.41, 5.74) is 0.995. The minimum absolute atomic E-state index is 0.00704. The first-order valence-electron chi connectivity index (χ1n) is 4.64. The highest BCUT2D eigenvalue weighted by molar-refractivity contribution is 7.31. The minimum Gasteiger partial charge on any atom is -0.460 e. The molecule has 3 heteroatoms. The second-order valence-corrected chi connectivity index (χ2v) is 4.08. The maximum Gasteiger partial charge on any atom is 0.200 e. The highest BCUT2D eigenvalue weighted by Gasteiger charge is 2.14. The highest BCUT2D eigenvalue weighted by atomic mass is 31.0. The Bertz CT molecular complexity index is 244. The maximum atomic E-state index is 5.68. The average Bonchev–Trinajstić information content (AvgIpc) is 2.21. The summed E-state index contributed by atoms with van der Waals surface area (Å²) in [4.78, 5) is 0. The van der Waals surface area contributed by atoms with E-state index in [-0.39, 0.29) is 6.29 Å². The van der Waals surface area contributed by atoms with E-state index < -0.39 is 0 Å². The first-order valence-corrected chi connectivity index (χ1v) is 5.61. The van der Waals surface area contributed by atoms with Crippen molar-refractivity contribution >= 4 is 8.19 Å². The number of rotatable bonds is 2. The fraction of sp³-hybridized carbons (Fsp3) is 0.500. The Morgan fingerprint density at radius 3 is 3.08 bits per heavy atom. The Labute approximate surface area is 80.0 Å². The molecule has 70 valence electrons. The molecule has 0 bridgehead atoms. The SMILES string of the molecule is c1ccc(OC2CCCCO2)pc1. The highest BCUT2D eigenvalue weighted by Crippen LogP contribution is 2.25. The van der Waals surface area contributed by atoms with Crippen molar-refractivity contribution in [3.8, 4) is 5.48 Å². The number of hydrogen-bond acceptors (Lipinski definition) is 2. The first-order chi connectivity index (χ1) is 6.45. The zero-order chi connectivity index (χ0) is 8.93. The molecule has 0 aliphatic carbocycles. The van der Waals surface area contributed by atoms with Gasteiger partial charge in [-0.05, 0) is 32.9 Å². The summed E-state index contributed by atoms with van der Waals surface area (Å²) in [5.74, 6) is 2.07. The van der Waals surface area contributed by atoms with Crippen LogP contribution in [-0.4, -0.2) is 12.9 Å². The molecule has 0 N–H and O–H groups in total. The second-order valence-electron chi connectivity index (χ2n) is 3.08. The summed E-state index contributed by atoms with van der Waals surface area (Å²) in [5, 5.41) is 0. The molecule has 0 radical (unpaired) electrons. The molecule has 1 aromatic heterocycles. The number of ether oxygens (including phenoxy) is 2. The molecule has 0 aromatic carbocycles. The van der Waals surface area contributed by atoms with Gasteiger partial charge in [-0.3, -0.25) is 0 Å². The Hall–Kier alpha value is -0.590. The van der Waals surface area contributed by atoms with Crippen molar-refractivity contribution in [1.29, 1.82) is 0 Å². The summed E-state index contributed by atoms with van der Waals surface area (Å²) < 4.78 is 11.2. The standard InChI is InChI=1S/C10H13O2P/c1-3-7-11-9(5-1)12-10-6-2-4-8-13-10/h2,4,6,8-9H,1,3,5,7H2. The largest absolute Gasteiger partial charge is 0.460 e. The predicted octanol–water partition coefficient (Wildman–Crippen LogP) is 3.17. The van der Waals surface area contributed by atoms with Crippen molar-refractivity contribution < 1.29 is 9.47 Å². The molecular weight excluding hydrogens is 183 g/mol. The Balaban J connectivity index is 1.90. The van der Waals surface area contributed by atoms with Crippen LogP contribution in [0.1, 0.15) is 19.3 Å². The van der Waals surface area contributed by atoms with Crippen molar-refractivity contribution in [2.75, 3.05) is 6.61 Å². The van der Waals surface area contributed by atoms with Crippen LogP contribution in [0.3, 0.4) is 0 Å². The van der Waals surface area contributed by atoms with Crippen molar-refractivity contribution in [3.63, 3.8) is 0 Å². The monoisotopic (exact) mass is 196 g/mol. The molecule has 0 saturated carbocycles. The fourth-order valence-corrected chi connectivity index (χ4v) is 2.04. The summed E-state index contributed by atoms with van der Waals surface area (Å²) in [6, 6.07) is 6.02. The predicted molar refractivity (Wildman–Crippen MR) is 53.2 cm³/mol. The molecule has 0 spiro atoms. The van der Waals surface area contributed by atoms with E-state index in [1.807, 2.05) is 18.2 Å². The lowest BCUT2D eigenvalue weighted by atomic mass is 10.2. The lowest BCUT2D eigenvalue weighted by Crippen LogP contribution is -2.24. The van der Waals surface area contributed by atoms with Crippen LogP contribution in [0.4, 0.5) is 0 Å². The lowest BCUT2D eigenvalue weighted by Gasteiger charge is -2.22. The smallest absolute Gasteiger partial charge is 0.200 e. The normalized spacial score (nSPS) is 23.2. The molecule has 1 atom stereocenters. The van der Waals surface area contributed by atoms with Crippen LogP contribution >= 0.6 is 8.19 Å². The summed E-state index contributed by atoms with van der Waals surface area (Å²) in [6.45, 7) is 0.842. The Kier molecular flexibility index (Phi) is 3.17. The first kappa shape index (κ1) is 8.98. The van der Waals surface area contributed by atoms with E-state index in [2.05, 4.69) is 5.80 Å². The third kappa shape index (κ3) is 2.68. The van der Waals surface area contributed by atoms with Gasteiger partial charge in [0.1, 0.15) is 5.48 Å². The van der Waals surface area contributed by atoms with Gasteiger partial charge in [-0.1, -0.05) is 12.1 Å². The summed E-state index contributed by atoms with van der Waals surface area (Å²) >= 11 is 0. The maximum absolute atomic E-state index is 5.68. The van der Waals surface area contributed by atoms with Crippen molar-refractivity contribution in [2.24, 2.45) is 0 Å². The molecule has 2 rings (SSSR count). The van der Waals surface area contributed by atoms with Gasteiger partial charge in [0.15, 0.2) is 6.29 Å². The topological polar surface area (TPSA) is 18.5 Å². The van der Waals surface area contributed by atoms with E-state index in [1.54, 1.807) is 0 Å². The molecular formula is C10H13O2P. The zero-order valence-electron chi connectivity index (χ0n) is 7.48.